The molecule has 0 fully saturated rings. The molecule has 0 aliphatic heterocycles. The Morgan fingerprint density at radius 1 is 1.41 bits per heavy atom. The van der Waals surface area contributed by atoms with Gasteiger partial charge in [-0.1, -0.05) is 0 Å². The molecule has 0 spiro atoms. The number of sulfone groups is 1. The van der Waals surface area contributed by atoms with Crippen molar-refractivity contribution in [2.75, 3.05) is 19.3 Å². The lowest BCUT2D eigenvalue weighted by Crippen LogP contribution is -2.34. The average molecular weight is 259 g/mol. The fourth-order valence-corrected chi connectivity index (χ4v) is 2.31. The van der Waals surface area contributed by atoms with Crippen LogP contribution in [0.2, 0.25) is 0 Å². The van der Waals surface area contributed by atoms with Crippen LogP contribution >= 0.6 is 0 Å². The summed E-state index contributed by atoms with van der Waals surface area (Å²) in [6.45, 7) is 0.156. The highest BCUT2D eigenvalue weighted by molar-refractivity contribution is 7.91. The first-order valence-corrected chi connectivity index (χ1v) is 6.55. The molecule has 0 atom stereocenters. The first kappa shape index (κ1) is 13.4. The molecule has 17 heavy (non-hydrogen) atoms. The average Bonchev–Trinajstić information content (AvgIpc) is 2.29. The minimum Gasteiger partial charge on any atom is -0.370 e. The van der Waals surface area contributed by atoms with Crippen LogP contribution in [0, 0.1) is 5.82 Å². The fraction of sp³-hybridized carbons (Fsp3) is 0.300. The van der Waals surface area contributed by atoms with Crippen LogP contribution in [0.3, 0.4) is 0 Å². The van der Waals surface area contributed by atoms with Crippen molar-refractivity contribution in [3.8, 4) is 0 Å². The third-order valence-corrected chi connectivity index (χ3v) is 3.82. The van der Waals surface area contributed by atoms with E-state index in [0.717, 1.165) is 12.1 Å². The number of guanidine groups is 1. The van der Waals surface area contributed by atoms with Crippen molar-refractivity contribution in [3.05, 3.63) is 30.1 Å². The van der Waals surface area contributed by atoms with Crippen LogP contribution in [-0.2, 0) is 9.84 Å². The predicted molar refractivity (Wildman–Crippen MR) is 64.0 cm³/mol. The highest BCUT2D eigenvalue weighted by Gasteiger charge is 2.13. The molecule has 0 radical (unpaired) electrons. The Morgan fingerprint density at radius 2 is 2.00 bits per heavy atom. The van der Waals surface area contributed by atoms with Crippen LogP contribution in [0.5, 0.6) is 0 Å². The second-order valence-corrected chi connectivity index (χ2v) is 5.42. The molecule has 0 saturated heterocycles. The molecule has 0 amide bonds. The normalized spacial score (nSPS) is 12.5. The summed E-state index contributed by atoms with van der Waals surface area (Å²) in [6, 6.07) is 4.70. The van der Waals surface area contributed by atoms with Gasteiger partial charge in [-0.15, -0.1) is 0 Å². The molecule has 0 unspecified atom stereocenters. The monoisotopic (exact) mass is 259 g/mol. The zero-order valence-corrected chi connectivity index (χ0v) is 10.2. The maximum atomic E-state index is 12.6. The summed E-state index contributed by atoms with van der Waals surface area (Å²) in [5.41, 5.74) is 5.36. The van der Waals surface area contributed by atoms with Crippen LogP contribution < -0.4 is 11.1 Å². The summed E-state index contributed by atoms with van der Waals surface area (Å²) in [4.78, 5) is 3.72. The van der Waals surface area contributed by atoms with E-state index in [2.05, 4.69) is 10.3 Å². The molecule has 0 aliphatic rings. The number of nitrogens with zero attached hydrogens (tertiary/aromatic N) is 1. The molecule has 0 heterocycles. The number of hydrogen-bond acceptors (Lipinski definition) is 3. The van der Waals surface area contributed by atoms with E-state index >= 15 is 0 Å². The van der Waals surface area contributed by atoms with Crippen molar-refractivity contribution in [1.29, 1.82) is 0 Å². The number of nitrogens with one attached hydrogen (secondary N) is 1. The van der Waals surface area contributed by atoms with Gasteiger partial charge in [0.25, 0.3) is 0 Å². The number of aliphatic imine (C=N–C) groups is 1. The molecule has 5 nitrogen and oxygen atoms in total. The summed E-state index contributed by atoms with van der Waals surface area (Å²) in [6.07, 6.45) is 0. The van der Waals surface area contributed by atoms with E-state index in [1.165, 1.54) is 19.2 Å². The van der Waals surface area contributed by atoms with E-state index < -0.39 is 15.7 Å². The molecule has 1 aromatic rings. The highest BCUT2D eigenvalue weighted by atomic mass is 32.2. The Labute approximate surface area is 99.5 Å². The van der Waals surface area contributed by atoms with E-state index in [0.29, 0.717) is 0 Å². The molecule has 0 bridgehead atoms. The maximum absolute atomic E-state index is 12.6. The van der Waals surface area contributed by atoms with E-state index in [1.807, 2.05) is 0 Å². The highest BCUT2D eigenvalue weighted by Crippen LogP contribution is 2.11. The minimum absolute atomic E-state index is 0.0905. The molecule has 7 heteroatoms. The van der Waals surface area contributed by atoms with Gasteiger partial charge in [0.1, 0.15) is 5.82 Å². The zero-order chi connectivity index (χ0) is 12.9. The van der Waals surface area contributed by atoms with Crippen molar-refractivity contribution >= 4 is 15.8 Å². The number of hydrogen-bond donors (Lipinski definition) is 2. The third kappa shape index (κ3) is 4.03. The number of nitrogens with two attached hydrogens (primary N) is 1. The van der Waals surface area contributed by atoms with Gasteiger partial charge in [0.15, 0.2) is 15.8 Å². The fourth-order valence-electron chi connectivity index (χ4n) is 1.15. The van der Waals surface area contributed by atoms with Crippen molar-refractivity contribution in [2.45, 2.75) is 4.90 Å². The molecule has 94 valence electrons. The largest absolute Gasteiger partial charge is 0.370 e. The quantitative estimate of drug-likeness (QED) is 0.457. The Morgan fingerprint density at radius 3 is 2.53 bits per heavy atom. The van der Waals surface area contributed by atoms with Gasteiger partial charge < -0.3 is 11.1 Å². The maximum Gasteiger partial charge on any atom is 0.188 e. The lowest BCUT2D eigenvalue weighted by Gasteiger charge is -2.06. The molecule has 1 rings (SSSR count). The van der Waals surface area contributed by atoms with Crippen molar-refractivity contribution in [2.24, 2.45) is 10.7 Å². The minimum atomic E-state index is -3.42. The van der Waals surface area contributed by atoms with Crippen molar-refractivity contribution in [3.63, 3.8) is 0 Å². The Hall–Kier alpha value is -1.63. The van der Waals surface area contributed by atoms with Gasteiger partial charge in [-0.3, -0.25) is 4.99 Å². The van der Waals surface area contributed by atoms with Gasteiger partial charge in [0.2, 0.25) is 0 Å². The van der Waals surface area contributed by atoms with Crippen LogP contribution in [0.15, 0.2) is 34.2 Å². The Kier molecular flexibility index (Phi) is 4.45. The number of benzene rings is 1. The summed E-state index contributed by atoms with van der Waals surface area (Å²) in [7, 11) is -1.92. The van der Waals surface area contributed by atoms with Gasteiger partial charge in [-0.2, -0.15) is 0 Å². The van der Waals surface area contributed by atoms with Gasteiger partial charge in [-0.05, 0) is 24.3 Å². The molecule has 0 aromatic heterocycles. The number of rotatable bonds is 4. The van der Waals surface area contributed by atoms with Crippen LogP contribution in [0.25, 0.3) is 0 Å². The summed E-state index contributed by atoms with van der Waals surface area (Å²) >= 11 is 0. The van der Waals surface area contributed by atoms with Crippen LogP contribution in [-0.4, -0.2) is 33.7 Å². The van der Waals surface area contributed by atoms with Gasteiger partial charge in [0.05, 0.1) is 10.6 Å². The zero-order valence-electron chi connectivity index (χ0n) is 9.35. The summed E-state index contributed by atoms with van der Waals surface area (Å²) in [5.74, 6) is -0.418. The topological polar surface area (TPSA) is 84.5 Å². The predicted octanol–water partition coefficient (Wildman–Crippen LogP) is 0.134. The van der Waals surface area contributed by atoms with Crippen LogP contribution in [0.4, 0.5) is 4.39 Å². The van der Waals surface area contributed by atoms with Gasteiger partial charge >= 0.3 is 0 Å². The van der Waals surface area contributed by atoms with E-state index in [9.17, 15) is 12.8 Å². The molecular formula is C10H14FN3O2S. The van der Waals surface area contributed by atoms with E-state index in [4.69, 9.17) is 5.73 Å². The second kappa shape index (κ2) is 5.62. The third-order valence-electron chi connectivity index (χ3n) is 2.09. The summed E-state index contributed by atoms with van der Waals surface area (Å²) < 4.78 is 36.2. The van der Waals surface area contributed by atoms with E-state index in [-0.39, 0.29) is 23.2 Å². The second-order valence-electron chi connectivity index (χ2n) is 3.31. The SMILES string of the molecule is CN=C(N)NCCS(=O)(=O)c1ccc(F)cc1. The molecular weight excluding hydrogens is 245 g/mol. The summed E-state index contributed by atoms with van der Waals surface area (Å²) in [5, 5.41) is 2.64. The lowest BCUT2D eigenvalue weighted by atomic mass is 10.4. The van der Waals surface area contributed by atoms with E-state index in [1.54, 1.807) is 0 Å². The first-order chi connectivity index (χ1) is 7.95. The van der Waals surface area contributed by atoms with Gasteiger partial charge in [0, 0.05) is 13.6 Å². The van der Waals surface area contributed by atoms with Crippen molar-refractivity contribution < 1.29 is 12.8 Å². The molecule has 0 aliphatic carbocycles. The standard InChI is InChI=1S/C10H14FN3O2S/c1-13-10(12)14-6-7-17(15,16)9-4-2-8(11)3-5-9/h2-5H,6-7H2,1H3,(H3,12,13,14). The lowest BCUT2D eigenvalue weighted by molar-refractivity contribution is 0.593. The first-order valence-electron chi connectivity index (χ1n) is 4.90. The Balaban J connectivity index is 2.66. The smallest absolute Gasteiger partial charge is 0.188 e. The molecule has 1 aromatic carbocycles. The van der Waals surface area contributed by atoms with Gasteiger partial charge in [-0.25, -0.2) is 12.8 Å². The Bertz CT molecular complexity index is 497. The number of halogens is 1. The molecule has 3 N–H and O–H groups in total. The van der Waals surface area contributed by atoms with Crippen molar-refractivity contribution in [1.82, 2.24) is 5.32 Å². The van der Waals surface area contributed by atoms with Crippen LogP contribution in [0.1, 0.15) is 0 Å². The molecule has 0 saturated carbocycles.